The Morgan fingerprint density at radius 3 is 2.71 bits per heavy atom. The molecule has 0 N–H and O–H groups in total. The first-order chi connectivity index (χ1) is 13.7. The minimum atomic E-state index is -0.340. The van der Waals surface area contributed by atoms with Crippen LogP contribution in [-0.2, 0) is 9.47 Å². The van der Waals surface area contributed by atoms with Gasteiger partial charge < -0.3 is 14.2 Å². The molecule has 28 heavy (non-hydrogen) atoms. The lowest BCUT2D eigenvalue weighted by atomic mass is 9.81. The number of rotatable bonds is 5. The van der Waals surface area contributed by atoms with Gasteiger partial charge in [0.05, 0.1) is 19.8 Å². The van der Waals surface area contributed by atoms with Gasteiger partial charge in [0.15, 0.2) is 5.79 Å². The van der Waals surface area contributed by atoms with Gasteiger partial charge in [-0.15, -0.1) is 0 Å². The highest BCUT2D eigenvalue weighted by Gasteiger charge is 2.42. The third kappa shape index (κ3) is 3.63. The molecular weight excluding hydrogens is 354 g/mol. The Kier molecular flexibility index (Phi) is 4.77. The molecule has 3 heterocycles. The molecular formula is C22H27N3O3. The minimum absolute atomic E-state index is 0.340. The molecule has 2 atom stereocenters. The highest BCUT2D eigenvalue weighted by Crippen LogP contribution is 2.47. The van der Waals surface area contributed by atoms with Crippen LogP contribution in [0.2, 0.25) is 0 Å². The molecule has 1 spiro atoms. The van der Waals surface area contributed by atoms with Gasteiger partial charge in [0.1, 0.15) is 5.82 Å². The Morgan fingerprint density at radius 2 is 1.96 bits per heavy atom. The number of aromatic nitrogens is 3. The van der Waals surface area contributed by atoms with Gasteiger partial charge >= 0.3 is 0 Å². The summed E-state index contributed by atoms with van der Waals surface area (Å²) < 4.78 is 18.0. The molecule has 0 unspecified atom stereocenters. The predicted octanol–water partition coefficient (Wildman–Crippen LogP) is 3.76. The van der Waals surface area contributed by atoms with Crippen LogP contribution in [0.25, 0.3) is 0 Å². The highest BCUT2D eigenvalue weighted by atomic mass is 16.7. The van der Waals surface area contributed by atoms with Gasteiger partial charge in [0, 0.05) is 48.3 Å². The van der Waals surface area contributed by atoms with E-state index >= 15 is 0 Å². The number of nitrogens with zero attached hydrogens (tertiary/aromatic N) is 3. The fourth-order valence-electron chi connectivity index (χ4n) is 4.58. The molecule has 2 aromatic heterocycles. The summed E-state index contributed by atoms with van der Waals surface area (Å²) in [6.07, 6.45) is 8.85. The number of ether oxygens (including phenoxy) is 3. The average Bonchev–Trinajstić information content (AvgIpc) is 3.38. The first kappa shape index (κ1) is 18.0. The van der Waals surface area contributed by atoms with Crippen LogP contribution in [0.5, 0.6) is 5.88 Å². The Bertz CT molecular complexity index is 813. The van der Waals surface area contributed by atoms with Crippen molar-refractivity contribution in [2.45, 2.75) is 56.7 Å². The maximum absolute atomic E-state index is 6.22. The molecule has 2 aromatic rings. The molecule has 2 saturated carbocycles. The predicted molar refractivity (Wildman–Crippen MR) is 103 cm³/mol. The van der Waals surface area contributed by atoms with E-state index in [0.29, 0.717) is 37.6 Å². The van der Waals surface area contributed by atoms with E-state index < -0.39 is 0 Å². The van der Waals surface area contributed by atoms with Gasteiger partial charge in [0.2, 0.25) is 5.88 Å². The van der Waals surface area contributed by atoms with Gasteiger partial charge in [-0.3, -0.25) is 4.98 Å². The van der Waals surface area contributed by atoms with Crippen molar-refractivity contribution in [2.75, 3.05) is 19.8 Å². The average molecular weight is 381 g/mol. The molecule has 6 heteroatoms. The molecule has 3 fully saturated rings. The van der Waals surface area contributed by atoms with Crippen LogP contribution in [0, 0.1) is 12.8 Å². The topological polar surface area (TPSA) is 66.4 Å². The SMILES string of the molecule is Cc1ncc(C2CCC3(CC2)OCCO3)c(OC[C@H]2C[C@H]2c2ccccn2)n1. The van der Waals surface area contributed by atoms with E-state index in [-0.39, 0.29) is 5.79 Å². The zero-order valence-corrected chi connectivity index (χ0v) is 16.3. The summed E-state index contributed by atoms with van der Waals surface area (Å²) in [5.41, 5.74) is 2.30. The molecule has 0 bridgehead atoms. The lowest BCUT2D eigenvalue weighted by Crippen LogP contribution is -2.34. The van der Waals surface area contributed by atoms with E-state index in [1.165, 1.54) is 5.69 Å². The lowest BCUT2D eigenvalue weighted by Gasteiger charge is -2.35. The van der Waals surface area contributed by atoms with Crippen LogP contribution in [0.4, 0.5) is 0 Å². The van der Waals surface area contributed by atoms with Gasteiger partial charge in [0.25, 0.3) is 0 Å². The zero-order chi connectivity index (χ0) is 19.0. The molecule has 1 saturated heterocycles. The Hall–Kier alpha value is -2.05. The highest BCUT2D eigenvalue weighted by molar-refractivity contribution is 5.29. The van der Waals surface area contributed by atoms with Gasteiger partial charge in [-0.2, -0.15) is 4.98 Å². The summed E-state index contributed by atoms with van der Waals surface area (Å²) in [7, 11) is 0. The molecule has 6 nitrogen and oxygen atoms in total. The van der Waals surface area contributed by atoms with Crippen LogP contribution < -0.4 is 4.74 Å². The van der Waals surface area contributed by atoms with E-state index in [4.69, 9.17) is 14.2 Å². The maximum atomic E-state index is 6.22. The summed E-state index contributed by atoms with van der Waals surface area (Å²) in [5, 5.41) is 0. The molecule has 3 aliphatic rings. The summed E-state index contributed by atoms with van der Waals surface area (Å²) in [6.45, 7) is 4.03. The van der Waals surface area contributed by atoms with E-state index in [0.717, 1.165) is 49.4 Å². The second kappa shape index (κ2) is 7.41. The Morgan fingerprint density at radius 1 is 1.14 bits per heavy atom. The van der Waals surface area contributed by atoms with Crippen molar-refractivity contribution in [1.82, 2.24) is 15.0 Å². The second-order valence-corrected chi connectivity index (χ2v) is 8.23. The first-order valence-corrected chi connectivity index (χ1v) is 10.4. The fourth-order valence-corrected chi connectivity index (χ4v) is 4.58. The van der Waals surface area contributed by atoms with Gasteiger partial charge in [-0.1, -0.05) is 6.07 Å². The monoisotopic (exact) mass is 381 g/mol. The van der Waals surface area contributed by atoms with Crippen molar-refractivity contribution in [3.8, 4) is 5.88 Å². The van der Waals surface area contributed by atoms with E-state index in [2.05, 4.69) is 27.1 Å². The Balaban J connectivity index is 1.24. The first-order valence-electron chi connectivity index (χ1n) is 10.4. The Labute approximate surface area is 165 Å². The summed E-state index contributed by atoms with van der Waals surface area (Å²) in [5.74, 6) is 2.61. The standard InChI is InChI=1S/C22H27N3O3/c1-15-24-13-19(16-5-7-22(8-6-16)27-10-11-28-22)21(25-15)26-14-17-12-18(17)20-4-2-3-9-23-20/h2-4,9,13,16-18H,5-8,10-12,14H2,1H3/t17-,18-/m1/s1. The van der Waals surface area contributed by atoms with Crippen molar-refractivity contribution in [3.05, 3.63) is 47.7 Å². The van der Waals surface area contributed by atoms with Crippen LogP contribution in [-0.4, -0.2) is 40.6 Å². The molecule has 2 aliphatic carbocycles. The van der Waals surface area contributed by atoms with Crippen LogP contribution in [0.3, 0.4) is 0 Å². The molecule has 0 radical (unpaired) electrons. The smallest absolute Gasteiger partial charge is 0.220 e. The van der Waals surface area contributed by atoms with Gasteiger partial charge in [-0.05, 0) is 44.2 Å². The number of hydrogen-bond acceptors (Lipinski definition) is 6. The van der Waals surface area contributed by atoms with Crippen LogP contribution in [0.1, 0.15) is 61.0 Å². The lowest BCUT2D eigenvalue weighted by molar-refractivity contribution is -0.178. The van der Waals surface area contributed by atoms with Crippen molar-refractivity contribution < 1.29 is 14.2 Å². The zero-order valence-electron chi connectivity index (χ0n) is 16.3. The number of hydrogen-bond donors (Lipinski definition) is 0. The quantitative estimate of drug-likeness (QED) is 0.786. The molecule has 0 aromatic carbocycles. The van der Waals surface area contributed by atoms with Crippen LogP contribution in [0.15, 0.2) is 30.6 Å². The van der Waals surface area contributed by atoms with Crippen molar-refractivity contribution in [1.29, 1.82) is 0 Å². The summed E-state index contributed by atoms with van der Waals surface area (Å²) in [6, 6.07) is 6.12. The fraction of sp³-hybridized carbons (Fsp3) is 0.591. The van der Waals surface area contributed by atoms with E-state index in [1.54, 1.807) is 0 Å². The third-order valence-corrected chi connectivity index (χ3v) is 6.33. The summed E-state index contributed by atoms with van der Waals surface area (Å²) >= 11 is 0. The largest absolute Gasteiger partial charge is 0.477 e. The summed E-state index contributed by atoms with van der Waals surface area (Å²) in [4.78, 5) is 13.6. The maximum Gasteiger partial charge on any atom is 0.220 e. The van der Waals surface area contributed by atoms with Crippen molar-refractivity contribution in [2.24, 2.45) is 5.92 Å². The second-order valence-electron chi connectivity index (χ2n) is 8.23. The number of pyridine rings is 1. The molecule has 1 aliphatic heterocycles. The van der Waals surface area contributed by atoms with E-state index in [9.17, 15) is 0 Å². The van der Waals surface area contributed by atoms with Crippen molar-refractivity contribution in [3.63, 3.8) is 0 Å². The molecule has 5 rings (SSSR count). The van der Waals surface area contributed by atoms with Crippen molar-refractivity contribution >= 4 is 0 Å². The minimum Gasteiger partial charge on any atom is -0.477 e. The molecule has 148 valence electrons. The molecule has 0 amide bonds. The van der Waals surface area contributed by atoms with Gasteiger partial charge in [-0.25, -0.2) is 4.98 Å². The van der Waals surface area contributed by atoms with Crippen LogP contribution >= 0.6 is 0 Å². The number of aryl methyl sites for hydroxylation is 1. The van der Waals surface area contributed by atoms with E-state index in [1.807, 2.05) is 25.4 Å². The third-order valence-electron chi connectivity index (χ3n) is 6.33. The normalized spacial score (nSPS) is 26.5.